The summed E-state index contributed by atoms with van der Waals surface area (Å²) in [4.78, 5) is 0. The fraction of sp³-hybridized carbons (Fsp3) is 0.167. The molecule has 0 heterocycles. The van der Waals surface area contributed by atoms with Crippen LogP contribution in [0.2, 0.25) is 5.02 Å². The quantitative estimate of drug-likeness (QED) is 0.0823. The summed E-state index contributed by atoms with van der Waals surface area (Å²) in [7, 11) is 0. The molecule has 0 fully saturated rings. The Balaban J connectivity index is 1.37. The molecule has 0 aliphatic carbocycles. The Kier molecular flexibility index (Phi) is 9.72. The van der Waals surface area contributed by atoms with Gasteiger partial charge in [-0.15, -0.1) is 0 Å². The van der Waals surface area contributed by atoms with Gasteiger partial charge in [-0.3, -0.25) is 0 Å². The van der Waals surface area contributed by atoms with E-state index in [-0.39, 0.29) is 16.7 Å². The molecular weight excluding hydrogens is 636 g/mol. The summed E-state index contributed by atoms with van der Waals surface area (Å²) in [5, 5.41) is -0.983. The van der Waals surface area contributed by atoms with Crippen LogP contribution in [0.3, 0.4) is 0 Å². The maximum Gasteiger partial charge on any atom is 0.432 e. The highest BCUT2D eigenvalue weighted by Gasteiger charge is 2.41. The summed E-state index contributed by atoms with van der Waals surface area (Å²) in [5.74, 6) is -9.18. The Hall–Kier alpha value is -4.37. The van der Waals surface area contributed by atoms with Gasteiger partial charge in [0, 0.05) is 23.3 Å². The lowest BCUT2D eigenvalue weighted by Gasteiger charge is -2.20. The molecule has 5 aromatic rings. The van der Waals surface area contributed by atoms with Crippen molar-refractivity contribution in [2.45, 2.75) is 38.7 Å². The van der Waals surface area contributed by atoms with E-state index in [2.05, 4.69) is 11.7 Å². The molecule has 46 heavy (non-hydrogen) atoms. The fourth-order valence-corrected chi connectivity index (χ4v) is 5.19. The monoisotopic (exact) mass is 660 g/mol. The maximum absolute atomic E-state index is 15.2. The van der Waals surface area contributed by atoms with Gasteiger partial charge in [-0.2, -0.15) is 8.78 Å². The number of rotatable bonds is 10. The van der Waals surface area contributed by atoms with Crippen molar-refractivity contribution in [1.82, 2.24) is 0 Å². The van der Waals surface area contributed by atoms with Gasteiger partial charge >= 0.3 is 6.11 Å². The van der Waals surface area contributed by atoms with Gasteiger partial charge in [-0.1, -0.05) is 79.9 Å². The van der Waals surface area contributed by atoms with Crippen LogP contribution in [0.4, 0.5) is 35.1 Å². The molecule has 0 N–H and O–H groups in total. The van der Waals surface area contributed by atoms with E-state index >= 15 is 8.78 Å². The lowest BCUT2D eigenvalue weighted by molar-refractivity contribution is -0.189. The SMILES string of the molecule is CCCCCc1ccc(-c2ccc(-c3ccc(-c4cc(F)c(C(F)(F)Oc5cc(F)c(Cl)c(F)c5)c(F)c4)c(F)c3)c(F)c2)cc1. The lowest BCUT2D eigenvalue weighted by Crippen LogP contribution is -2.25. The first kappa shape index (κ1) is 33.0. The Bertz CT molecular complexity index is 1840. The standard InChI is InChI=1S/C36H25ClF8O/c1-2-3-4-5-20-6-8-21(9-7-20)22-10-12-26(28(38)14-22)23-11-13-27(29(39)15-23)24-16-30(40)34(31(41)17-24)36(44,45)46-25-18-32(42)35(37)33(43)19-25/h6-19H,2-5H2,1H3. The molecule has 1 nitrogen and oxygen atoms in total. The molecule has 0 radical (unpaired) electrons. The minimum atomic E-state index is -4.72. The van der Waals surface area contributed by atoms with Crippen LogP contribution in [0, 0.1) is 34.9 Å². The van der Waals surface area contributed by atoms with Crippen LogP contribution in [0.15, 0.2) is 84.9 Å². The summed E-state index contributed by atoms with van der Waals surface area (Å²) in [6, 6.07) is 17.3. The van der Waals surface area contributed by atoms with Crippen LogP contribution in [-0.4, -0.2) is 0 Å². The molecule has 0 atom stereocenters. The largest absolute Gasteiger partial charge is 0.432 e. The fourth-order valence-electron chi connectivity index (χ4n) is 5.09. The molecule has 0 aliphatic heterocycles. The highest BCUT2D eigenvalue weighted by Crippen LogP contribution is 2.39. The number of benzene rings is 5. The van der Waals surface area contributed by atoms with E-state index in [1.807, 2.05) is 24.3 Å². The van der Waals surface area contributed by atoms with E-state index in [1.54, 1.807) is 6.07 Å². The molecule has 0 aliphatic rings. The van der Waals surface area contributed by atoms with Crippen molar-refractivity contribution < 1.29 is 39.9 Å². The van der Waals surface area contributed by atoms with Crippen molar-refractivity contribution >= 4 is 11.6 Å². The first-order valence-corrected chi connectivity index (χ1v) is 14.7. The molecular formula is C36H25ClF8O. The van der Waals surface area contributed by atoms with Gasteiger partial charge in [-0.25, -0.2) is 26.3 Å². The van der Waals surface area contributed by atoms with Crippen LogP contribution >= 0.6 is 11.6 Å². The Morgan fingerprint density at radius 2 is 1.07 bits per heavy atom. The molecule has 238 valence electrons. The second-order valence-corrected chi connectivity index (χ2v) is 11.1. The van der Waals surface area contributed by atoms with E-state index < -0.39 is 62.9 Å². The van der Waals surface area contributed by atoms with Crippen LogP contribution in [-0.2, 0) is 12.5 Å². The zero-order valence-corrected chi connectivity index (χ0v) is 25.0. The molecule has 5 rings (SSSR count). The average Bonchev–Trinajstić information content (AvgIpc) is 2.99. The van der Waals surface area contributed by atoms with E-state index in [4.69, 9.17) is 11.6 Å². The molecule has 5 aromatic carbocycles. The molecule has 0 aromatic heterocycles. The summed E-state index contributed by atoms with van der Waals surface area (Å²) in [6.45, 7) is 2.14. The van der Waals surface area contributed by atoms with E-state index in [0.29, 0.717) is 29.8 Å². The number of halogens is 9. The van der Waals surface area contributed by atoms with Crippen LogP contribution < -0.4 is 4.74 Å². The topological polar surface area (TPSA) is 9.23 Å². The minimum Gasteiger partial charge on any atom is -0.429 e. The second kappa shape index (κ2) is 13.5. The highest BCUT2D eigenvalue weighted by molar-refractivity contribution is 6.30. The number of alkyl halides is 2. The molecule has 0 bridgehead atoms. The van der Waals surface area contributed by atoms with E-state index in [0.717, 1.165) is 43.4 Å². The van der Waals surface area contributed by atoms with Crippen molar-refractivity contribution in [3.8, 4) is 39.1 Å². The van der Waals surface area contributed by atoms with Crippen molar-refractivity contribution in [3.05, 3.63) is 136 Å². The molecule has 0 spiro atoms. The van der Waals surface area contributed by atoms with Gasteiger partial charge in [0.2, 0.25) is 0 Å². The third-order valence-electron chi connectivity index (χ3n) is 7.45. The zero-order valence-electron chi connectivity index (χ0n) is 24.2. The minimum absolute atomic E-state index is 0.0740. The molecule has 10 heteroatoms. The number of hydrogen-bond acceptors (Lipinski definition) is 1. The van der Waals surface area contributed by atoms with Crippen LogP contribution in [0.25, 0.3) is 33.4 Å². The smallest absolute Gasteiger partial charge is 0.429 e. The third kappa shape index (κ3) is 7.04. The molecule has 0 unspecified atom stereocenters. The number of hydrogen-bond donors (Lipinski definition) is 0. The number of ether oxygens (including phenoxy) is 1. The molecule has 0 saturated heterocycles. The van der Waals surface area contributed by atoms with Gasteiger partial charge in [-0.05, 0) is 64.9 Å². The first-order chi connectivity index (χ1) is 21.9. The molecule has 0 saturated carbocycles. The Labute approximate surface area is 265 Å². The normalized spacial score (nSPS) is 11.6. The van der Waals surface area contributed by atoms with Gasteiger partial charge < -0.3 is 4.74 Å². The second-order valence-electron chi connectivity index (χ2n) is 10.7. The molecule has 0 amide bonds. The van der Waals surface area contributed by atoms with Gasteiger partial charge in [0.1, 0.15) is 51.2 Å². The summed E-state index contributed by atoms with van der Waals surface area (Å²) >= 11 is 5.32. The highest BCUT2D eigenvalue weighted by atomic mass is 35.5. The first-order valence-electron chi connectivity index (χ1n) is 14.3. The van der Waals surface area contributed by atoms with Crippen molar-refractivity contribution in [3.63, 3.8) is 0 Å². The van der Waals surface area contributed by atoms with Crippen LogP contribution in [0.5, 0.6) is 5.75 Å². The maximum atomic E-state index is 15.2. The van der Waals surface area contributed by atoms with Crippen molar-refractivity contribution in [2.75, 3.05) is 0 Å². The zero-order chi connectivity index (χ0) is 33.2. The third-order valence-corrected chi connectivity index (χ3v) is 7.81. The van der Waals surface area contributed by atoms with Crippen LogP contribution in [0.1, 0.15) is 37.3 Å². The Morgan fingerprint density at radius 1 is 0.565 bits per heavy atom. The number of aryl methyl sites for hydroxylation is 1. The van der Waals surface area contributed by atoms with Crippen molar-refractivity contribution in [2.24, 2.45) is 0 Å². The average molecular weight is 661 g/mol. The predicted molar refractivity (Wildman–Crippen MR) is 162 cm³/mol. The van der Waals surface area contributed by atoms with E-state index in [9.17, 15) is 26.3 Å². The summed E-state index contributed by atoms with van der Waals surface area (Å²) in [5.41, 5.74) is 0.177. The lowest BCUT2D eigenvalue weighted by atomic mass is 9.96. The number of unbranched alkanes of at least 4 members (excludes halogenated alkanes) is 2. The van der Waals surface area contributed by atoms with E-state index in [1.165, 1.54) is 23.8 Å². The Morgan fingerprint density at radius 3 is 1.63 bits per heavy atom. The predicted octanol–water partition coefficient (Wildman–Crippen LogP) is 12.0. The summed E-state index contributed by atoms with van der Waals surface area (Å²) in [6.07, 6.45) is -0.402. The van der Waals surface area contributed by atoms with Crippen molar-refractivity contribution in [1.29, 1.82) is 0 Å². The van der Waals surface area contributed by atoms with Gasteiger partial charge in [0.15, 0.2) is 0 Å². The van der Waals surface area contributed by atoms with Gasteiger partial charge in [0.25, 0.3) is 0 Å². The summed E-state index contributed by atoms with van der Waals surface area (Å²) < 4.78 is 121. The van der Waals surface area contributed by atoms with Gasteiger partial charge in [0.05, 0.1) is 0 Å².